The van der Waals surface area contributed by atoms with E-state index in [9.17, 15) is 0 Å². The maximum absolute atomic E-state index is 5.38. The van der Waals surface area contributed by atoms with Gasteiger partial charge in [-0.15, -0.1) is 24.0 Å². The Labute approximate surface area is 170 Å². The van der Waals surface area contributed by atoms with Gasteiger partial charge in [0.2, 0.25) is 0 Å². The van der Waals surface area contributed by atoms with Crippen LogP contribution in [0.4, 0.5) is 0 Å². The molecular weight excluding hydrogens is 427 g/mol. The van der Waals surface area contributed by atoms with E-state index in [0.29, 0.717) is 12.6 Å². The van der Waals surface area contributed by atoms with Crippen LogP contribution in [0.3, 0.4) is 0 Å². The number of rotatable bonds is 11. The van der Waals surface area contributed by atoms with Crippen LogP contribution in [0.5, 0.6) is 0 Å². The van der Waals surface area contributed by atoms with Gasteiger partial charge in [-0.05, 0) is 32.5 Å². The zero-order valence-electron chi connectivity index (χ0n) is 16.1. The molecule has 0 aliphatic rings. The Balaban J connectivity index is 0.00000576. The first-order chi connectivity index (χ1) is 11.8. The molecule has 1 atom stereocenters. The number of ether oxygens (including phenoxy) is 1. The van der Waals surface area contributed by atoms with Crippen LogP contribution in [-0.2, 0) is 4.74 Å². The van der Waals surface area contributed by atoms with Crippen LogP contribution in [0.25, 0.3) is 0 Å². The SMILES string of the molecule is CCNC(=NCC(c1ccccc1)N(CC)CC)NCCOCC.I. The standard InChI is InChI=1S/C19H34N4O.HI/c1-5-20-19(21-14-15-24-8-4)22-16-18(23(6-2)7-3)17-12-10-9-11-13-17;/h9-13,18H,5-8,14-16H2,1-4H3,(H2,20,21,22);1H. The number of likely N-dealkylation sites (N-methyl/N-ethyl adjacent to an activating group) is 1. The maximum atomic E-state index is 5.38. The number of nitrogens with one attached hydrogen (secondary N) is 2. The van der Waals surface area contributed by atoms with Crippen molar-refractivity contribution in [3.63, 3.8) is 0 Å². The van der Waals surface area contributed by atoms with Crippen molar-refractivity contribution in [3.8, 4) is 0 Å². The Morgan fingerprint density at radius 3 is 2.32 bits per heavy atom. The van der Waals surface area contributed by atoms with E-state index in [4.69, 9.17) is 9.73 Å². The number of hydrogen-bond acceptors (Lipinski definition) is 3. The minimum Gasteiger partial charge on any atom is -0.380 e. The lowest BCUT2D eigenvalue weighted by atomic mass is 10.1. The van der Waals surface area contributed by atoms with Gasteiger partial charge in [0.25, 0.3) is 0 Å². The first-order valence-corrected chi connectivity index (χ1v) is 9.15. The fourth-order valence-electron chi connectivity index (χ4n) is 2.68. The molecule has 0 spiro atoms. The highest BCUT2D eigenvalue weighted by Crippen LogP contribution is 2.20. The van der Waals surface area contributed by atoms with Crippen LogP contribution in [0, 0.1) is 0 Å². The summed E-state index contributed by atoms with van der Waals surface area (Å²) in [6, 6.07) is 10.9. The minimum atomic E-state index is 0. The highest BCUT2D eigenvalue weighted by Gasteiger charge is 2.17. The third kappa shape index (κ3) is 9.42. The second-order valence-electron chi connectivity index (χ2n) is 5.49. The largest absolute Gasteiger partial charge is 0.380 e. The van der Waals surface area contributed by atoms with Gasteiger partial charge in [0, 0.05) is 19.7 Å². The first-order valence-electron chi connectivity index (χ1n) is 9.15. The molecule has 6 heteroatoms. The third-order valence-electron chi connectivity index (χ3n) is 3.95. The minimum absolute atomic E-state index is 0. The molecular formula is C19H35IN4O. The summed E-state index contributed by atoms with van der Waals surface area (Å²) in [6.45, 7) is 14.3. The molecule has 0 radical (unpaired) electrons. The number of aliphatic imine (C=N–C) groups is 1. The van der Waals surface area contributed by atoms with Gasteiger partial charge in [-0.25, -0.2) is 0 Å². The molecule has 0 bridgehead atoms. The van der Waals surface area contributed by atoms with Gasteiger partial charge in [0.1, 0.15) is 0 Å². The molecule has 0 amide bonds. The van der Waals surface area contributed by atoms with Crippen LogP contribution in [0.1, 0.15) is 39.3 Å². The van der Waals surface area contributed by atoms with Crippen molar-refractivity contribution >= 4 is 29.9 Å². The highest BCUT2D eigenvalue weighted by atomic mass is 127. The molecule has 1 aromatic rings. The average molecular weight is 462 g/mol. The van der Waals surface area contributed by atoms with Crippen molar-refractivity contribution in [2.45, 2.75) is 33.7 Å². The molecule has 2 N–H and O–H groups in total. The average Bonchev–Trinajstić information content (AvgIpc) is 2.62. The van der Waals surface area contributed by atoms with Gasteiger partial charge in [-0.1, -0.05) is 44.2 Å². The van der Waals surface area contributed by atoms with Crippen molar-refractivity contribution < 1.29 is 4.74 Å². The summed E-state index contributed by atoms with van der Waals surface area (Å²) in [7, 11) is 0. The molecule has 25 heavy (non-hydrogen) atoms. The van der Waals surface area contributed by atoms with Crippen molar-refractivity contribution in [1.82, 2.24) is 15.5 Å². The van der Waals surface area contributed by atoms with Gasteiger partial charge >= 0.3 is 0 Å². The van der Waals surface area contributed by atoms with Crippen molar-refractivity contribution in [2.24, 2.45) is 4.99 Å². The molecule has 1 unspecified atom stereocenters. The van der Waals surface area contributed by atoms with E-state index < -0.39 is 0 Å². The quantitative estimate of drug-likeness (QED) is 0.229. The van der Waals surface area contributed by atoms with Crippen LogP contribution in [-0.4, -0.2) is 56.8 Å². The van der Waals surface area contributed by atoms with E-state index >= 15 is 0 Å². The molecule has 0 saturated carbocycles. The predicted octanol–water partition coefficient (Wildman–Crippen LogP) is 3.28. The predicted molar refractivity (Wildman–Crippen MR) is 118 cm³/mol. The van der Waals surface area contributed by atoms with Gasteiger partial charge in [-0.2, -0.15) is 0 Å². The van der Waals surface area contributed by atoms with E-state index in [2.05, 4.69) is 66.6 Å². The smallest absolute Gasteiger partial charge is 0.191 e. The Morgan fingerprint density at radius 1 is 1.08 bits per heavy atom. The Kier molecular flexibility index (Phi) is 14.9. The van der Waals surface area contributed by atoms with Gasteiger partial charge in [0.05, 0.1) is 19.2 Å². The van der Waals surface area contributed by atoms with E-state index in [1.165, 1.54) is 5.56 Å². The molecule has 0 aromatic heterocycles. The summed E-state index contributed by atoms with van der Waals surface area (Å²) in [5.74, 6) is 0.852. The summed E-state index contributed by atoms with van der Waals surface area (Å²) < 4.78 is 5.38. The van der Waals surface area contributed by atoms with Crippen LogP contribution < -0.4 is 10.6 Å². The molecule has 1 aromatic carbocycles. The monoisotopic (exact) mass is 462 g/mol. The Hall–Kier alpha value is -0.860. The summed E-state index contributed by atoms with van der Waals surface area (Å²) in [5.41, 5.74) is 1.31. The number of benzene rings is 1. The molecule has 0 fully saturated rings. The van der Waals surface area contributed by atoms with E-state index in [1.54, 1.807) is 0 Å². The van der Waals surface area contributed by atoms with Crippen LogP contribution >= 0.6 is 24.0 Å². The van der Waals surface area contributed by atoms with Gasteiger partial charge in [-0.3, -0.25) is 9.89 Å². The van der Waals surface area contributed by atoms with E-state index in [-0.39, 0.29) is 24.0 Å². The Bertz CT molecular complexity index is 452. The highest BCUT2D eigenvalue weighted by molar-refractivity contribution is 14.0. The van der Waals surface area contributed by atoms with E-state index in [1.807, 2.05) is 6.92 Å². The molecule has 0 heterocycles. The van der Waals surface area contributed by atoms with Gasteiger partial charge < -0.3 is 15.4 Å². The van der Waals surface area contributed by atoms with Crippen LogP contribution in [0.15, 0.2) is 35.3 Å². The zero-order chi connectivity index (χ0) is 17.6. The first kappa shape index (κ1) is 24.1. The summed E-state index contributed by atoms with van der Waals surface area (Å²) in [6.07, 6.45) is 0. The van der Waals surface area contributed by atoms with E-state index in [0.717, 1.165) is 45.3 Å². The van der Waals surface area contributed by atoms with Crippen molar-refractivity contribution in [1.29, 1.82) is 0 Å². The molecule has 0 aliphatic heterocycles. The van der Waals surface area contributed by atoms with Crippen LogP contribution in [0.2, 0.25) is 0 Å². The zero-order valence-corrected chi connectivity index (χ0v) is 18.5. The number of guanidine groups is 1. The summed E-state index contributed by atoms with van der Waals surface area (Å²) in [5, 5.41) is 6.64. The number of hydrogen-bond donors (Lipinski definition) is 2. The van der Waals surface area contributed by atoms with Crippen molar-refractivity contribution in [2.75, 3.05) is 45.9 Å². The maximum Gasteiger partial charge on any atom is 0.191 e. The fraction of sp³-hybridized carbons (Fsp3) is 0.632. The van der Waals surface area contributed by atoms with Crippen molar-refractivity contribution in [3.05, 3.63) is 35.9 Å². The second-order valence-corrected chi connectivity index (χ2v) is 5.49. The molecule has 144 valence electrons. The lowest BCUT2D eigenvalue weighted by Gasteiger charge is -2.29. The molecule has 0 saturated heterocycles. The molecule has 5 nitrogen and oxygen atoms in total. The summed E-state index contributed by atoms with van der Waals surface area (Å²) in [4.78, 5) is 7.25. The normalized spacial score (nSPS) is 12.6. The lowest BCUT2D eigenvalue weighted by molar-refractivity contribution is 0.152. The summed E-state index contributed by atoms with van der Waals surface area (Å²) >= 11 is 0. The molecule has 0 aliphatic carbocycles. The second kappa shape index (κ2) is 15.4. The topological polar surface area (TPSA) is 48.9 Å². The van der Waals surface area contributed by atoms with Gasteiger partial charge in [0.15, 0.2) is 5.96 Å². The fourth-order valence-corrected chi connectivity index (χ4v) is 2.68. The third-order valence-corrected chi connectivity index (χ3v) is 3.95. The Morgan fingerprint density at radius 2 is 1.76 bits per heavy atom. The lowest BCUT2D eigenvalue weighted by Crippen LogP contribution is -2.40. The number of halogens is 1. The molecule has 1 rings (SSSR count). The number of nitrogens with zero attached hydrogens (tertiary/aromatic N) is 2.